The Bertz CT molecular complexity index is 177. The van der Waals surface area contributed by atoms with Crippen LogP contribution in [-0.4, -0.2) is 25.0 Å². The Labute approximate surface area is 74.2 Å². The first-order valence-corrected chi connectivity index (χ1v) is 4.08. The van der Waals surface area contributed by atoms with E-state index in [9.17, 15) is 0 Å². The first-order chi connectivity index (χ1) is 5.60. The van der Waals surface area contributed by atoms with E-state index >= 15 is 0 Å². The highest BCUT2D eigenvalue weighted by Crippen LogP contribution is 2.00. The zero-order valence-corrected chi connectivity index (χ0v) is 7.91. The first kappa shape index (κ1) is 10.9. The number of nitriles is 2. The van der Waals surface area contributed by atoms with Gasteiger partial charge in [-0.25, -0.2) is 0 Å². The minimum atomic E-state index is 0.0425. The lowest BCUT2D eigenvalue weighted by molar-refractivity contribution is 0.290. The second-order valence-electron chi connectivity index (χ2n) is 3.28. The number of hydrogen-bond donors (Lipinski definition) is 0. The van der Waals surface area contributed by atoms with E-state index in [0.29, 0.717) is 0 Å². The van der Waals surface area contributed by atoms with Crippen LogP contribution in [0.4, 0.5) is 0 Å². The summed E-state index contributed by atoms with van der Waals surface area (Å²) < 4.78 is 0. The lowest BCUT2D eigenvalue weighted by Gasteiger charge is -2.18. The standard InChI is InChI=1S/C9H15N3/c1-8(4-10)6-12(3)7-9(2)5-11/h8-9H,6-7H2,1-3H3. The highest BCUT2D eigenvalue weighted by Gasteiger charge is 2.08. The average molecular weight is 165 g/mol. The van der Waals surface area contributed by atoms with E-state index in [0.717, 1.165) is 13.1 Å². The van der Waals surface area contributed by atoms with E-state index in [1.807, 2.05) is 25.8 Å². The molecule has 0 bridgehead atoms. The Kier molecular flexibility index (Phi) is 5.08. The van der Waals surface area contributed by atoms with Gasteiger partial charge in [-0.1, -0.05) is 0 Å². The molecule has 3 nitrogen and oxygen atoms in total. The molecule has 2 unspecified atom stereocenters. The molecule has 3 heteroatoms. The molecule has 0 rings (SSSR count). The van der Waals surface area contributed by atoms with Crippen LogP contribution in [0.15, 0.2) is 0 Å². The third-order valence-corrected chi connectivity index (χ3v) is 1.61. The maximum absolute atomic E-state index is 8.53. The average Bonchev–Trinajstić information content (AvgIpc) is 2.03. The quantitative estimate of drug-likeness (QED) is 0.629. The van der Waals surface area contributed by atoms with Gasteiger partial charge in [0, 0.05) is 13.1 Å². The van der Waals surface area contributed by atoms with Gasteiger partial charge in [0.1, 0.15) is 0 Å². The lowest BCUT2D eigenvalue weighted by Crippen LogP contribution is -2.28. The fourth-order valence-corrected chi connectivity index (χ4v) is 1.09. The van der Waals surface area contributed by atoms with Gasteiger partial charge in [-0.05, 0) is 20.9 Å². The normalized spacial score (nSPS) is 14.8. The summed E-state index contributed by atoms with van der Waals surface area (Å²) in [5.41, 5.74) is 0. The van der Waals surface area contributed by atoms with Crippen molar-refractivity contribution in [3.8, 4) is 12.1 Å². The summed E-state index contributed by atoms with van der Waals surface area (Å²) >= 11 is 0. The minimum absolute atomic E-state index is 0.0425. The number of hydrogen-bond acceptors (Lipinski definition) is 3. The van der Waals surface area contributed by atoms with Gasteiger partial charge in [0.2, 0.25) is 0 Å². The summed E-state index contributed by atoms with van der Waals surface area (Å²) in [6.45, 7) is 5.24. The Hall–Kier alpha value is -1.06. The smallest absolute Gasteiger partial charge is 0.0666 e. The predicted octanol–water partition coefficient (Wildman–Crippen LogP) is 1.24. The Balaban J connectivity index is 3.69. The molecule has 0 saturated heterocycles. The summed E-state index contributed by atoms with van der Waals surface area (Å²) in [5.74, 6) is 0.0850. The highest BCUT2D eigenvalue weighted by atomic mass is 15.1. The van der Waals surface area contributed by atoms with Crippen molar-refractivity contribution in [1.29, 1.82) is 10.5 Å². The lowest BCUT2D eigenvalue weighted by atomic mass is 10.1. The van der Waals surface area contributed by atoms with E-state index in [2.05, 4.69) is 12.1 Å². The molecule has 0 aliphatic heterocycles. The van der Waals surface area contributed by atoms with Crippen LogP contribution in [-0.2, 0) is 0 Å². The van der Waals surface area contributed by atoms with E-state index in [-0.39, 0.29) is 11.8 Å². The Morgan fingerprint density at radius 3 is 1.67 bits per heavy atom. The summed E-state index contributed by atoms with van der Waals surface area (Å²) in [5, 5.41) is 17.1. The van der Waals surface area contributed by atoms with Crippen LogP contribution in [0.25, 0.3) is 0 Å². The van der Waals surface area contributed by atoms with Crippen molar-refractivity contribution in [3.63, 3.8) is 0 Å². The molecule has 2 atom stereocenters. The SMILES string of the molecule is CC(C#N)CN(C)CC(C)C#N. The topological polar surface area (TPSA) is 50.8 Å². The molecule has 0 saturated carbocycles. The van der Waals surface area contributed by atoms with Crippen molar-refractivity contribution in [2.24, 2.45) is 11.8 Å². The zero-order valence-electron chi connectivity index (χ0n) is 7.91. The van der Waals surface area contributed by atoms with Crippen LogP contribution < -0.4 is 0 Å². The van der Waals surface area contributed by atoms with E-state index in [4.69, 9.17) is 10.5 Å². The molecular formula is C9H15N3. The zero-order chi connectivity index (χ0) is 9.56. The fourth-order valence-electron chi connectivity index (χ4n) is 1.09. The molecule has 0 heterocycles. The molecule has 0 aliphatic rings. The van der Waals surface area contributed by atoms with Crippen molar-refractivity contribution >= 4 is 0 Å². The molecule has 12 heavy (non-hydrogen) atoms. The largest absolute Gasteiger partial charge is 0.304 e. The van der Waals surface area contributed by atoms with Crippen LogP contribution in [0.1, 0.15) is 13.8 Å². The second kappa shape index (κ2) is 5.57. The van der Waals surface area contributed by atoms with Crippen molar-refractivity contribution in [2.75, 3.05) is 20.1 Å². The molecule has 0 aliphatic carbocycles. The molecule has 0 spiro atoms. The van der Waals surface area contributed by atoms with Gasteiger partial charge in [0.25, 0.3) is 0 Å². The Morgan fingerprint density at radius 1 is 1.08 bits per heavy atom. The molecule has 0 amide bonds. The third kappa shape index (κ3) is 4.71. The van der Waals surface area contributed by atoms with Crippen LogP contribution >= 0.6 is 0 Å². The summed E-state index contributed by atoms with van der Waals surface area (Å²) in [6.07, 6.45) is 0. The van der Waals surface area contributed by atoms with Crippen LogP contribution in [0, 0.1) is 34.5 Å². The van der Waals surface area contributed by atoms with Gasteiger partial charge in [-0.2, -0.15) is 10.5 Å². The molecule has 0 aromatic heterocycles. The molecule has 66 valence electrons. The van der Waals surface area contributed by atoms with Crippen LogP contribution in [0.3, 0.4) is 0 Å². The van der Waals surface area contributed by atoms with Gasteiger partial charge in [-0.15, -0.1) is 0 Å². The fraction of sp³-hybridized carbons (Fsp3) is 0.778. The van der Waals surface area contributed by atoms with E-state index in [1.54, 1.807) is 0 Å². The molecular weight excluding hydrogens is 150 g/mol. The van der Waals surface area contributed by atoms with E-state index in [1.165, 1.54) is 0 Å². The second-order valence-corrected chi connectivity index (χ2v) is 3.28. The first-order valence-electron chi connectivity index (χ1n) is 4.08. The van der Waals surface area contributed by atoms with E-state index < -0.39 is 0 Å². The molecule has 0 N–H and O–H groups in total. The minimum Gasteiger partial charge on any atom is -0.304 e. The van der Waals surface area contributed by atoms with Crippen molar-refractivity contribution in [3.05, 3.63) is 0 Å². The maximum Gasteiger partial charge on any atom is 0.0666 e. The van der Waals surface area contributed by atoms with Gasteiger partial charge in [0.05, 0.1) is 24.0 Å². The summed E-state index contributed by atoms with van der Waals surface area (Å²) in [7, 11) is 1.93. The molecule has 0 aromatic carbocycles. The van der Waals surface area contributed by atoms with Gasteiger partial charge >= 0.3 is 0 Å². The molecule has 0 radical (unpaired) electrons. The molecule has 0 fully saturated rings. The maximum atomic E-state index is 8.53. The summed E-state index contributed by atoms with van der Waals surface area (Å²) in [4.78, 5) is 2.02. The van der Waals surface area contributed by atoms with Crippen LogP contribution in [0.5, 0.6) is 0 Å². The van der Waals surface area contributed by atoms with Gasteiger partial charge < -0.3 is 4.90 Å². The van der Waals surface area contributed by atoms with Crippen LogP contribution in [0.2, 0.25) is 0 Å². The van der Waals surface area contributed by atoms with Gasteiger partial charge in [0.15, 0.2) is 0 Å². The highest BCUT2D eigenvalue weighted by molar-refractivity contribution is 4.84. The Morgan fingerprint density at radius 2 is 1.42 bits per heavy atom. The number of nitrogens with zero attached hydrogens (tertiary/aromatic N) is 3. The van der Waals surface area contributed by atoms with Crippen molar-refractivity contribution in [1.82, 2.24) is 4.90 Å². The monoisotopic (exact) mass is 165 g/mol. The summed E-state index contributed by atoms with van der Waals surface area (Å²) in [6, 6.07) is 4.33. The third-order valence-electron chi connectivity index (χ3n) is 1.61. The molecule has 0 aromatic rings. The van der Waals surface area contributed by atoms with Crippen molar-refractivity contribution in [2.45, 2.75) is 13.8 Å². The predicted molar refractivity (Wildman–Crippen MR) is 47.1 cm³/mol. The van der Waals surface area contributed by atoms with Crippen molar-refractivity contribution < 1.29 is 0 Å². The number of rotatable bonds is 4. The van der Waals surface area contributed by atoms with Gasteiger partial charge in [-0.3, -0.25) is 0 Å².